The molecular formula is C25H25F3N6O2. The molecule has 1 aliphatic heterocycles. The van der Waals surface area contributed by atoms with Crippen molar-refractivity contribution in [2.24, 2.45) is 4.99 Å². The Balaban J connectivity index is 1.54. The molecular weight excluding hydrogens is 473 g/mol. The smallest absolute Gasteiger partial charge is 0.379 e. The average Bonchev–Trinajstić information content (AvgIpc) is 3.28. The maximum atomic E-state index is 12.8. The zero-order chi connectivity index (χ0) is 25.7. The molecule has 0 bridgehead atoms. The van der Waals surface area contributed by atoms with Crippen LogP contribution >= 0.6 is 0 Å². The monoisotopic (exact) mass is 498 g/mol. The molecule has 1 fully saturated rings. The molecule has 0 unspecified atom stereocenters. The SMILES string of the molecule is C=N/C=C(\C=C(/C)c1ccc2[nH]nc(C(=O)Nc3ccc(C(F)(F)F)nc3)c2c1)CN1CCOCC1. The Morgan fingerprint density at radius 2 is 2.06 bits per heavy atom. The fourth-order valence-corrected chi connectivity index (χ4v) is 3.88. The lowest BCUT2D eigenvalue weighted by molar-refractivity contribution is -0.141. The number of fused-ring (bicyclic) bond motifs is 1. The van der Waals surface area contributed by atoms with Crippen LogP contribution in [0.1, 0.15) is 28.7 Å². The van der Waals surface area contributed by atoms with Crippen molar-refractivity contribution in [3.8, 4) is 0 Å². The lowest BCUT2D eigenvalue weighted by Gasteiger charge is -2.26. The highest BCUT2D eigenvalue weighted by molar-refractivity contribution is 6.11. The fourth-order valence-electron chi connectivity index (χ4n) is 3.88. The Hall–Kier alpha value is -3.83. The van der Waals surface area contributed by atoms with E-state index in [0.29, 0.717) is 30.7 Å². The summed E-state index contributed by atoms with van der Waals surface area (Å²) in [6, 6.07) is 7.55. The first-order chi connectivity index (χ1) is 17.2. The number of hydrogen-bond acceptors (Lipinski definition) is 6. The standard InChI is InChI=1S/C25H25F3N6O2/c1-16(11-17(13-29-2)15-34-7-9-36-10-8-34)18-3-5-21-20(12-18)23(33-32-21)24(35)31-19-4-6-22(30-14-19)25(26,27)28/h3-6,11-14H,2,7-10,15H2,1H3,(H,31,35)(H,32,33)/b16-11+,17-13+. The molecule has 4 rings (SSSR count). The molecule has 0 aliphatic carbocycles. The number of anilines is 1. The number of aromatic nitrogens is 3. The van der Waals surface area contributed by atoms with Gasteiger partial charge in [-0.3, -0.25) is 19.8 Å². The van der Waals surface area contributed by atoms with Crippen molar-refractivity contribution in [3.63, 3.8) is 0 Å². The topological polar surface area (TPSA) is 95.5 Å². The lowest BCUT2D eigenvalue weighted by atomic mass is 10.0. The molecule has 188 valence electrons. The number of nitrogens with zero attached hydrogens (tertiary/aromatic N) is 4. The lowest BCUT2D eigenvalue weighted by Crippen LogP contribution is -2.37. The Morgan fingerprint density at radius 1 is 1.28 bits per heavy atom. The quantitative estimate of drug-likeness (QED) is 0.368. The first-order valence-electron chi connectivity index (χ1n) is 11.2. The molecule has 11 heteroatoms. The maximum absolute atomic E-state index is 12.8. The van der Waals surface area contributed by atoms with Gasteiger partial charge in [0.1, 0.15) is 5.69 Å². The van der Waals surface area contributed by atoms with Crippen molar-refractivity contribution in [3.05, 3.63) is 71.3 Å². The van der Waals surface area contributed by atoms with Gasteiger partial charge in [-0.05, 0) is 54.6 Å². The van der Waals surface area contributed by atoms with Gasteiger partial charge in [0.2, 0.25) is 0 Å². The Morgan fingerprint density at radius 3 is 2.72 bits per heavy atom. The number of hydrogen-bond donors (Lipinski definition) is 2. The van der Waals surface area contributed by atoms with E-state index < -0.39 is 17.8 Å². The summed E-state index contributed by atoms with van der Waals surface area (Å²) in [6.45, 7) is 9.33. The van der Waals surface area contributed by atoms with Gasteiger partial charge in [-0.15, -0.1) is 0 Å². The Kier molecular flexibility index (Phi) is 7.61. The number of nitrogens with one attached hydrogen (secondary N) is 2. The molecule has 8 nitrogen and oxygen atoms in total. The van der Waals surface area contributed by atoms with Crippen LogP contribution in [0, 0.1) is 0 Å². The zero-order valence-corrected chi connectivity index (χ0v) is 19.6. The third kappa shape index (κ3) is 6.04. The molecule has 3 aromatic rings. The van der Waals surface area contributed by atoms with E-state index in [0.717, 1.165) is 48.1 Å². The number of carbonyl (C=O) groups excluding carboxylic acids is 1. The van der Waals surface area contributed by atoms with Crippen LogP contribution in [-0.4, -0.2) is 65.6 Å². The van der Waals surface area contributed by atoms with E-state index >= 15 is 0 Å². The van der Waals surface area contributed by atoms with E-state index in [9.17, 15) is 18.0 Å². The molecule has 2 aromatic heterocycles. The summed E-state index contributed by atoms with van der Waals surface area (Å²) in [5.74, 6) is -0.564. The van der Waals surface area contributed by atoms with Crippen molar-refractivity contribution in [1.29, 1.82) is 0 Å². The van der Waals surface area contributed by atoms with Crippen LogP contribution < -0.4 is 5.32 Å². The van der Waals surface area contributed by atoms with Crippen LogP contribution in [0.5, 0.6) is 0 Å². The summed E-state index contributed by atoms with van der Waals surface area (Å²) in [5.41, 5.74) is 2.70. The number of rotatable bonds is 7. The van der Waals surface area contributed by atoms with Gasteiger partial charge >= 0.3 is 6.18 Å². The maximum Gasteiger partial charge on any atom is 0.433 e. The second-order valence-corrected chi connectivity index (χ2v) is 8.32. The number of H-pyrrole nitrogens is 1. The number of alkyl halides is 3. The van der Waals surface area contributed by atoms with E-state index in [-0.39, 0.29) is 11.4 Å². The summed E-state index contributed by atoms with van der Waals surface area (Å²) in [6.07, 6.45) is 0.164. The molecule has 1 aromatic carbocycles. The number of morpholine rings is 1. The summed E-state index contributed by atoms with van der Waals surface area (Å²) in [7, 11) is 0. The van der Waals surface area contributed by atoms with Gasteiger partial charge in [0, 0.05) is 31.2 Å². The van der Waals surface area contributed by atoms with E-state index in [4.69, 9.17) is 4.74 Å². The minimum atomic E-state index is -4.55. The third-order valence-electron chi connectivity index (χ3n) is 5.71. The molecule has 0 radical (unpaired) electrons. The third-order valence-corrected chi connectivity index (χ3v) is 5.71. The number of ether oxygens (including phenoxy) is 1. The van der Waals surface area contributed by atoms with Gasteiger partial charge in [0.25, 0.3) is 5.91 Å². The number of halogens is 3. The number of pyridine rings is 1. The summed E-state index contributed by atoms with van der Waals surface area (Å²) < 4.78 is 43.6. The molecule has 0 saturated carbocycles. The van der Waals surface area contributed by atoms with E-state index in [1.165, 1.54) is 0 Å². The van der Waals surface area contributed by atoms with Crippen molar-refractivity contribution >= 4 is 34.8 Å². The largest absolute Gasteiger partial charge is 0.433 e. The van der Waals surface area contributed by atoms with Gasteiger partial charge in [0.05, 0.1) is 30.6 Å². The van der Waals surface area contributed by atoms with Crippen molar-refractivity contribution < 1.29 is 22.7 Å². The molecule has 3 heterocycles. The first kappa shape index (κ1) is 25.3. The van der Waals surface area contributed by atoms with Crippen LogP contribution in [0.4, 0.5) is 18.9 Å². The molecule has 2 N–H and O–H groups in total. The molecule has 0 spiro atoms. The van der Waals surface area contributed by atoms with Crippen LogP contribution in [0.2, 0.25) is 0 Å². The van der Waals surface area contributed by atoms with E-state index in [1.54, 1.807) is 6.20 Å². The fraction of sp³-hybridized carbons (Fsp3) is 0.280. The number of aromatic amines is 1. The Bertz CT molecular complexity index is 1310. The predicted molar refractivity (Wildman–Crippen MR) is 132 cm³/mol. The average molecular weight is 499 g/mol. The van der Waals surface area contributed by atoms with Crippen LogP contribution in [-0.2, 0) is 10.9 Å². The highest BCUT2D eigenvalue weighted by atomic mass is 19.4. The van der Waals surface area contributed by atoms with Crippen LogP contribution in [0.3, 0.4) is 0 Å². The second-order valence-electron chi connectivity index (χ2n) is 8.32. The van der Waals surface area contributed by atoms with Crippen molar-refractivity contribution in [2.45, 2.75) is 13.1 Å². The van der Waals surface area contributed by atoms with Gasteiger partial charge in [0.15, 0.2) is 5.69 Å². The number of aliphatic imine (C=N–C) groups is 1. The number of benzene rings is 1. The van der Waals surface area contributed by atoms with Crippen molar-refractivity contribution in [1.82, 2.24) is 20.1 Å². The minimum Gasteiger partial charge on any atom is -0.379 e. The second kappa shape index (κ2) is 10.8. The van der Waals surface area contributed by atoms with E-state index in [1.807, 2.05) is 31.2 Å². The first-order valence-corrected chi connectivity index (χ1v) is 11.2. The van der Waals surface area contributed by atoms with Crippen LogP contribution in [0.15, 0.2) is 59.4 Å². The summed E-state index contributed by atoms with van der Waals surface area (Å²) in [4.78, 5) is 22.4. The summed E-state index contributed by atoms with van der Waals surface area (Å²) >= 11 is 0. The molecule has 1 aliphatic rings. The molecule has 1 amide bonds. The highest BCUT2D eigenvalue weighted by Crippen LogP contribution is 2.28. The van der Waals surface area contributed by atoms with Gasteiger partial charge in [-0.2, -0.15) is 18.3 Å². The van der Waals surface area contributed by atoms with Gasteiger partial charge < -0.3 is 10.1 Å². The highest BCUT2D eigenvalue weighted by Gasteiger charge is 2.32. The number of carbonyl (C=O) groups is 1. The minimum absolute atomic E-state index is 0.122. The zero-order valence-electron chi connectivity index (χ0n) is 19.6. The number of amides is 1. The van der Waals surface area contributed by atoms with Gasteiger partial charge in [-0.1, -0.05) is 12.1 Å². The van der Waals surface area contributed by atoms with Crippen molar-refractivity contribution in [2.75, 3.05) is 38.2 Å². The molecule has 36 heavy (non-hydrogen) atoms. The molecule has 0 atom stereocenters. The summed E-state index contributed by atoms with van der Waals surface area (Å²) in [5, 5.41) is 10.1. The predicted octanol–water partition coefficient (Wildman–Crippen LogP) is 4.55. The van der Waals surface area contributed by atoms with E-state index in [2.05, 4.69) is 37.1 Å². The Labute approximate surface area is 205 Å². The molecule has 1 saturated heterocycles. The normalized spacial score (nSPS) is 15.8. The van der Waals surface area contributed by atoms with Crippen LogP contribution in [0.25, 0.3) is 16.5 Å². The number of allylic oxidation sites excluding steroid dienone is 1. The van der Waals surface area contributed by atoms with Gasteiger partial charge in [-0.25, -0.2) is 4.98 Å².